The lowest BCUT2D eigenvalue weighted by Gasteiger charge is -2.09. The van der Waals surface area contributed by atoms with Crippen LogP contribution < -0.4 is 0 Å². The average Bonchev–Trinajstić information content (AvgIpc) is 2.87. The lowest BCUT2D eigenvalue weighted by Crippen LogP contribution is -2.05. The van der Waals surface area contributed by atoms with E-state index in [1.165, 1.54) is 18.2 Å². The second-order valence-electron chi connectivity index (χ2n) is 4.89. The molecule has 0 spiro atoms. The first-order valence-electron chi connectivity index (χ1n) is 6.45. The molecule has 2 aromatic heterocycles. The molecule has 0 unspecified atom stereocenters. The van der Waals surface area contributed by atoms with Crippen molar-refractivity contribution in [2.75, 3.05) is 0 Å². The van der Waals surface area contributed by atoms with Crippen molar-refractivity contribution in [3.8, 4) is 11.3 Å². The lowest BCUT2D eigenvalue weighted by molar-refractivity contribution is -0.137. The summed E-state index contributed by atoms with van der Waals surface area (Å²) in [6, 6.07) is 5.69. The average molecular weight is 322 g/mol. The minimum Gasteiger partial charge on any atom is -0.478 e. The third-order valence-electron chi connectivity index (χ3n) is 3.33. The van der Waals surface area contributed by atoms with Gasteiger partial charge in [0.2, 0.25) is 0 Å². The van der Waals surface area contributed by atoms with Gasteiger partial charge in [-0.05, 0) is 25.1 Å². The van der Waals surface area contributed by atoms with Crippen LogP contribution in [0.3, 0.4) is 0 Å². The summed E-state index contributed by atoms with van der Waals surface area (Å²) in [7, 11) is 0. The number of carboxylic acids is 1. The fourth-order valence-corrected chi connectivity index (χ4v) is 2.27. The predicted molar refractivity (Wildman–Crippen MR) is 73.9 cm³/mol. The van der Waals surface area contributed by atoms with Crippen molar-refractivity contribution in [2.45, 2.75) is 13.1 Å². The number of aromatic carboxylic acids is 1. The van der Waals surface area contributed by atoms with E-state index in [-0.39, 0.29) is 27.9 Å². The maximum Gasteiger partial charge on any atom is 0.416 e. The third-order valence-corrected chi connectivity index (χ3v) is 3.33. The minimum atomic E-state index is -4.50. The first-order valence-corrected chi connectivity index (χ1v) is 6.45. The van der Waals surface area contributed by atoms with Gasteiger partial charge in [0.05, 0.1) is 27.9 Å². The highest BCUT2D eigenvalue weighted by atomic mass is 19.4. The van der Waals surface area contributed by atoms with E-state index in [2.05, 4.69) is 10.1 Å². The standard InChI is InChI=1S/C15H9F3N2O3/c1-7-12-10(14(21)22)6-11(19-13(12)23-20-7)8-3-2-4-9(5-8)15(16,17)18/h2-6H,1H3,(H,21,22). The monoisotopic (exact) mass is 322 g/mol. The maximum absolute atomic E-state index is 12.8. The van der Waals surface area contributed by atoms with E-state index >= 15 is 0 Å². The largest absolute Gasteiger partial charge is 0.478 e. The Morgan fingerprint density at radius 3 is 2.65 bits per heavy atom. The molecule has 3 aromatic rings. The van der Waals surface area contributed by atoms with Gasteiger partial charge in [-0.25, -0.2) is 9.78 Å². The number of fused-ring (bicyclic) bond motifs is 1. The molecule has 118 valence electrons. The molecule has 0 amide bonds. The summed E-state index contributed by atoms with van der Waals surface area (Å²) in [5.74, 6) is -1.24. The topological polar surface area (TPSA) is 76.2 Å². The summed E-state index contributed by atoms with van der Waals surface area (Å²) >= 11 is 0. The number of benzene rings is 1. The molecule has 0 saturated heterocycles. The lowest BCUT2D eigenvalue weighted by atomic mass is 10.0. The summed E-state index contributed by atoms with van der Waals surface area (Å²) in [5, 5.41) is 13.2. The normalized spacial score (nSPS) is 11.8. The molecule has 0 bridgehead atoms. The second-order valence-corrected chi connectivity index (χ2v) is 4.89. The van der Waals surface area contributed by atoms with Gasteiger partial charge < -0.3 is 9.63 Å². The van der Waals surface area contributed by atoms with Crippen LogP contribution in [0.5, 0.6) is 0 Å². The van der Waals surface area contributed by atoms with Gasteiger partial charge in [0.25, 0.3) is 5.71 Å². The van der Waals surface area contributed by atoms with Gasteiger partial charge >= 0.3 is 12.1 Å². The molecule has 23 heavy (non-hydrogen) atoms. The Morgan fingerprint density at radius 2 is 2.00 bits per heavy atom. The quantitative estimate of drug-likeness (QED) is 0.774. The van der Waals surface area contributed by atoms with Crippen molar-refractivity contribution in [2.24, 2.45) is 0 Å². The molecule has 0 aliphatic heterocycles. The van der Waals surface area contributed by atoms with Gasteiger partial charge in [0.15, 0.2) is 0 Å². The molecular weight excluding hydrogens is 313 g/mol. The number of hydrogen-bond acceptors (Lipinski definition) is 4. The molecule has 5 nitrogen and oxygen atoms in total. The highest BCUT2D eigenvalue weighted by molar-refractivity contribution is 6.03. The van der Waals surface area contributed by atoms with Gasteiger partial charge in [0.1, 0.15) is 0 Å². The highest BCUT2D eigenvalue weighted by Gasteiger charge is 2.30. The van der Waals surface area contributed by atoms with Crippen molar-refractivity contribution in [3.05, 3.63) is 47.2 Å². The predicted octanol–water partition coefficient (Wildman–Crippen LogP) is 3.92. The number of pyridine rings is 1. The van der Waals surface area contributed by atoms with Crippen molar-refractivity contribution >= 4 is 17.1 Å². The van der Waals surface area contributed by atoms with E-state index in [0.29, 0.717) is 5.69 Å². The summed E-state index contributed by atoms with van der Waals surface area (Å²) < 4.78 is 43.4. The van der Waals surface area contributed by atoms with E-state index in [4.69, 9.17) is 4.52 Å². The van der Waals surface area contributed by atoms with Crippen molar-refractivity contribution in [3.63, 3.8) is 0 Å². The molecular formula is C15H9F3N2O3. The van der Waals surface area contributed by atoms with Crippen LogP contribution in [-0.2, 0) is 6.18 Å². The molecule has 0 aliphatic carbocycles. The number of rotatable bonds is 2. The fraction of sp³-hybridized carbons (Fsp3) is 0.133. The van der Waals surface area contributed by atoms with Gasteiger partial charge in [-0.3, -0.25) is 0 Å². The molecule has 2 heterocycles. The van der Waals surface area contributed by atoms with Crippen LogP contribution >= 0.6 is 0 Å². The zero-order valence-electron chi connectivity index (χ0n) is 11.7. The molecule has 1 N–H and O–H groups in total. The fourth-order valence-electron chi connectivity index (χ4n) is 2.27. The number of hydrogen-bond donors (Lipinski definition) is 1. The Bertz CT molecular complexity index is 916. The van der Waals surface area contributed by atoms with Crippen LogP contribution in [0.2, 0.25) is 0 Å². The Kier molecular flexibility index (Phi) is 3.32. The number of halogens is 3. The second kappa shape index (κ2) is 5.08. The summed E-state index contributed by atoms with van der Waals surface area (Å²) in [6.07, 6.45) is -4.50. The molecule has 1 aromatic carbocycles. The van der Waals surface area contributed by atoms with Crippen molar-refractivity contribution < 1.29 is 27.6 Å². The summed E-state index contributed by atoms with van der Waals surface area (Å²) in [5.41, 5.74) is -0.450. The summed E-state index contributed by atoms with van der Waals surface area (Å²) in [4.78, 5) is 15.5. The van der Waals surface area contributed by atoms with Gasteiger partial charge in [0, 0.05) is 5.56 Å². The number of aryl methyl sites for hydroxylation is 1. The molecule has 0 aliphatic rings. The zero-order chi connectivity index (χ0) is 16.8. The number of carbonyl (C=O) groups is 1. The minimum absolute atomic E-state index is 0.0326. The van der Waals surface area contributed by atoms with Gasteiger partial charge in [-0.2, -0.15) is 13.2 Å². The smallest absolute Gasteiger partial charge is 0.416 e. The Morgan fingerprint density at radius 1 is 1.26 bits per heavy atom. The van der Waals surface area contributed by atoms with Crippen molar-refractivity contribution in [1.29, 1.82) is 0 Å². The SMILES string of the molecule is Cc1noc2nc(-c3cccc(C(F)(F)F)c3)cc(C(=O)O)c12. The summed E-state index contributed by atoms with van der Waals surface area (Å²) in [6.45, 7) is 1.56. The van der Waals surface area contributed by atoms with Crippen LogP contribution in [0.15, 0.2) is 34.9 Å². The van der Waals surface area contributed by atoms with E-state index in [0.717, 1.165) is 12.1 Å². The number of alkyl halides is 3. The molecule has 0 saturated carbocycles. The molecule has 0 fully saturated rings. The van der Waals surface area contributed by atoms with Crippen LogP contribution in [0.1, 0.15) is 21.6 Å². The molecule has 8 heteroatoms. The maximum atomic E-state index is 12.8. The van der Waals surface area contributed by atoms with Gasteiger partial charge in [-0.1, -0.05) is 17.3 Å². The number of aromatic nitrogens is 2. The van der Waals surface area contributed by atoms with Crippen LogP contribution in [0.25, 0.3) is 22.4 Å². The zero-order valence-corrected chi connectivity index (χ0v) is 11.7. The Balaban J connectivity index is 2.23. The van der Waals surface area contributed by atoms with Crippen LogP contribution in [0.4, 0.5) is 13.2 Å². The van der Waals surface area contributed by atoms with Crippen molar-refractivity contribution in [1.82, 2.24) is 10.1 Å². The van der Waals surface area contributed by atoms with E-state index in [9.17, 15) is 23.1 Å². The Labute approximate surface area is 127 Å². The van der Waals surface area contributed by atoms with Gasteiger partial charge in [-0.15, -0.1) is 0 Å². The number of carboxylic acid groups (broad SMARTS) is 1. The first-order chi connectivity index (χ1) is 10.8. The molecule has 0 atom stereocenters. The molecule has 3 rings (SSSR count). The van der Waals surface area contributed by atoms with E-state index in [1.807, 2.05) is 0 Å². The first kappa shape index (κ1) is 15.0. The Hall–Kier alpha value is -2.90. The van der Waals surface area contributed by atoms with Crippen LogP contribution in [-0.4, -0.2) is 21.2 Å². The third kappa shape index (κ3) is 2.63. The number of nitrogens with zero attached hydrogens (tertiary/aromatic N) is 2. The van der Waals surface area contributed by atoms with Crippen LogP contribution in [0, 0.1) is 6.92 Å². The molecule has 0 radical (unpaired) electrons. The van der Waals surface area contributed by atoms with E-state index < -0.39 is 17.7 Å². The highest BCUT2D eigenvalue weighted by Crippen LogP contribution is 2.33. The van der Waals surface area contributed by atoms with E-state index in [1.54, 1.807) is 6.92 Å².